The van der Waals surface area contributed by atoms with E-state index in [1.165, 1.54) is 51.6 Å². The number of amides is 1. The Bertz CT molecular complexity index is 296. The molecule has 0 aromatic carbocycles. The number of nitrogens with one attached hydrogen (secondary N) is 1. The summed E-state index contributed by atoms with van der Waals surface area (Å²) in [6.45, 7) is 2.84. The monoisotopic (exact) mass is 286 g/mol. The molecule has 20 heavy (non-hydrogen) atoms. The number of nitrogens with zero attached hydrogens (tertiary/aromatic N) is 1. The van der Waals surface area contributed by atoms with Crippen molar-refractivity contribution in [3.63, 3.8) is 0 Å². The van der Waals surface area contributed by atoms with Gasteiger partial charge in [-0.15, -0.1) is 0 Å². The van der Waals surface area contributed by atoms with Crippen molar-refractivity contribution in [3.8, 4) is 0 Å². The van der Waals surface area contributed by atoms with E-state index < -0.39 is 12.8 Å². The van der Waals surface area contributed by atoms with Gasteiger partial charge in [0.1, 0.15) is 0 Å². The van der Waals surface area contributed by atoms with E-state index in [1.54, 1.807) is 0 Å². The van der Waals surface area contributed by atoms with E-state index in [1.807, 2.05) is 0 Å². The van der Waals surface area contributed by atoms with Gasteiger partial charge in [-0.3, -0.25) is 4.39 Å². The lowest BCUT2D eigenvalue weighted by atomic mass is 9.83. The maximum Gasteiger partial charge on any atom is 0.407 e. The second-order valence-electron chi connectivity index (χ2n) is 5.91. The van der Waals surface area contributed by atoms with Crippen molar-refractivity contribution in [1.29, 1.82) is 0 Å². The van der Waals surface area contributed by atoms with Crippen LogP contribution in [0.2, 0.25) is 0 Å². The number of alkyl carbamates (subject to hydrolysis) is 1. The lowest BCUT2D eigenvalue weighted by Gasteiger charge is -2.38. The first-order valence-corrected chi connectivity index (χ1v) is 8.02. The van der Waals surface area contributed by atoms with Gasteiger partial charge in [-0.25, -0.2) is 4.79 Å². The molecule has 1 amide bonds. The fraction of sp³-hybridized carbons (Fsp3) is 0.933. The fourth-order valence-electron chi connectivity index (χ4n) is 3.47. The van der Waals surface area contributed by atoms with Crippen LogP contribution in [0.4, 0.5) is 9.18 Å². The third kappa shape index (κ3) is 4.62. The summed E-state index contributed by atoms with van der Waals surface area (Å²) in [7, 11) is 0. The zero-order valence-corrected chi connectivity index (χ0v) is 12.3. The molecule has 1 N–H and O–H groups in total. The van der Waals surface area contributed by atoms with Crippen molar-refractivity contribution in [1.82, 2.24) is 10.2 Å². The molecule has 2 atom stereocenters. The number of rotatable bonds is 6. The van der Waals surface area contributed by atoms with Crippen LogP contribution in [-0.2, 0) is 4.74 Å². The van der Waals surface area contributed by atoms with E-state index in [0.29, 0.717) is 18.5 Å². The highest BCUT2D eigenvalue weighted by Gasteiger charge is 2.31. The van der Waals surface area contributed by atoms with Crippen molar-refractivity contribution in [2.75, 3.05) is 32.9 Å². The van der Waals surface area contributed by atoms with Gasteiger partial charge in [0.05, 0.1) is 13.3 Å². The number of halogens is 1. The number of carbonyl (C=O) groups is 1. The summed E-state index contributed by atoms with van der Waals surface area (Å²) in [5.41, 5.74) is 0. The van der Waals surface area contributed by atoms with Gasteiger partial charge in [0.2, 0.25) is 0 Å². The maximum absolute atomic E-state index is 11.9. The van der Waals surface area contributed by atoms with Gasteiger partial charge in [-0.1, -0.05) is 12.8 Å². The first kappa shape index (κ1) is 15.5. The zero-order valence-electron chi connectivity index (χ0n) is 12.3. The Hall–Kier alpha value is -0.840. The third-order valence-corrected chi connectivity index (χ3v) is 4.50. The van der Waals surface area contributed by atoms with E-state index in [4.69, 9.17) is 4.74 Å². The van der Waals surface area contributed by atoms with Gasteiger partial charge in [-0.05, 0) is 44.7 Å². The molecular formula is C15H27FN2O2. The van der Waals surface area contributed by atoms with Crippen molar-refractivity contribution in [2.24, 2.45) is 5.92 Å². The summed E-state index contributed by atoms with van der Waals surface area (Å²) in [4.78, 5) is 14.1. The molecule has 2 aliphatic rings. The molecule has 0 bridgehead atoms. The van der Waals surface area contributed by atoms with Crippen LogP contribution in [0.1, 0.15) is 44.9 Å². The molecule has 116 valence electrons. The summed E-state index contributed by atoms with van der Waals surface area (Å²) >= 11 is 0. The Kier molecular flexibility index (Phi) is 6.57. The van der Waals surface area contributed by atoms with Crippen molar-refractivity contribution in [2.45, 2.75) is 51.0 Å². The highest BCUT2D eigenvalue weighted by atomic mass is 19.1. The van der Waals surface area contributed by atoms with Gasteiger partial charge in [0, 0.05) is 19.0 Å². The predicted molar refractivity (Wildman–Crippen MR) is 76.5 cm³/mol. The second kappa shape index (κ2) is 8.45. The molecule has 4 nitrogen and oxygen atoms in total. The van der Waals surface area contributed by atoms with E-state index in [-0.39, 0.29) is 13.0 Å². The van der Waals surface area contributed by atoms with Gasteiger partial charge in [0.25, 0.3) is 0 Å². The van der Waals surface area contributed by atoms with E-state index in [2.05, 4.69) is 10.2 Å². The summed E-state index contributed by atoms with van der Waals surface area (Å²) in [5, 5.41) is 2.85. The lowest BCUT2D eigenvalue weighted by Crippen LogP contribution is -2.45. The van der Waals surface area contributed by atoms with Crippen molar-refractivity contribution < 1.29 is 13.9 Å². The van der Waals surface area contributed by atoms with Gasteiger partial charge >= 0.3 is 6.09 Å². The topological polar surface area (TPSA) is 41.6 Å². The zero-order chi connectivity index (χ0) is 14.2. The summed E-state index contributed by atoms with van der Waals surface area (Å²) in [6.07, 6.45) is 7.50. The molecule has 1 saturated heterocycles. The molecule has 0 aromatic rings. The second-order valence-corrected chi connectivity index (χ2v) is 5.91. The van der Waals surface area contributed by atoms with Crippen LogP contribution in [0.15, 0.2) is 0 Å². The normalized spacial score (nSPS) is 27.4. The molecular weight excluding hydrogens is 259 g/mol. The maximum atomic E-state index is 11.9. The van der Waals surface area contributed by atoms with Crippen molar-refractivity contribution >= 4 is 6.09 Å². The molecule has 2 unspecified atom stereocenters. The van der Waals surface area contributed by atoms with Crippen LogP contribution >= 0.6 is 0 Å². The minimum Gasteiger partial charge on any atom is -0.449 e. The summed E-state index contributed by atoms with van der Waals surface area (Å²) in [5.74, 6) is 0.538. The van der Waals surface area contributed by atoms with Crippen molar-refractivity contribution in [3.05, 3.63) is 0 Å². The van der Waals surface area contributed by atoms with Crippen LogP contribution in [0.25, 0.3) is 0 Å². The standard InChI is InChI=1S/C15H27FN2O2/c16-8-5-11-20-15(19)17-12-13-6-1-2-7-14(13)18-9-3-4-10-18/h13-14H,1-12H2,(H,17,19). The minimum atomic E-state index is -0.438. The Balaban J connectivity index is 1.72. The number of hydrogen-bond donors (Lipinski definition) is 1. The number of alkyl halides is 1. The SMILES string of the molecule is O=C(NCC1CCCCC1N1CCCC1)OCCCF. The smallest absolute Gasteiger partial charge is 0.407 e. The molecule has 1 heterocycles. The Labute approximate surface area is 121 Å². The molecule has 0 aromatic heterocycles. The number of likely N-dealkylation sites (tertiary alicyclic amines) is 1. The molecule has 1 aliphatic heterocycles. The summed E-state index contributed by atoms with van der Waals surface area (Å²) in [6, 6.07) is 0.623. The molecule has 2 rings (SSSR count). The van der Waals surface area contributed by atoms with E-state index >= 15 is 0 Å². The van der Waals surface area contributed by atoms with E-state index in [0.717, 1.165) is 0 Å². The Morgan fingerprint density at radius 2 is 1.95 bits per heavy atom. The van der Waals surface area contributed by atoms with Crippen LogP contribution in [0.5, 0.6) is 0 Å². The predicted octanol–water partition coefficient (Wildman–Crippen LogP) is 2.73. The third-order valence-electron chi connectivity index (χ3n) is 4.50. The summed E-state index contributed by atoms with van der Waals surface area (Å²) < 4.78 is 16.9. The van der Waals surface area contributed by atoms with Crippen LogP contribution in [-0.4, -0.2) is 50.0 Å². The van der Waals surface area contributed by atoms with Gasteiger partial charge < -0.3 is 15.0 Å². The molecule has 1 saturated carbocycles. The molecule has 0 spiro atoms. The molecule has 1 aliphatic carbocycles. The largest absolute Gasteiger partial charge is 0.449 e. The fourth-order valence-corrected chi connectivity index (χ4v) is 3.47. The molecule has 2 fully saturated rings. The lowest BCUT2D eigenvalue weighted by molar-refractivity contribution is 0.114. The molecule has 0 radical (unpaired) electrons. The number of carbonyl (C=O) groups excluding carboxylic acids is 1. The quantitative estimate of drug-likeness (QED) is 0.763. The average Bonchev–Trinajstić information content (AvgIpc) is 3.00. The van der Waals surface area contributed by atoms with Crippen LogP contribution < -0.4 is 5.32 Å². The Morgan fingerprint density at radius 3 is 2.70 bits per heavy atom. The van der Waals surface area contributed by atoms with E-state index in [9.17, 15) is 9.18 Å². The van der Waals surface area contributed by atoms with Crippen LogP contribution in [0, 0.1) is 5.92 Å². The highest BCUT2D eigenvalue weighted by molar-refractivity contribution is 5.67. The first-order chi connectivity index (χ1) is 9.81. The highest BCUT2D eigenvalue weighted by Crippen LogP contribution is 2.30. The molecule has 5 heteroatoms. The first-order valence-electron chi connectivity index (χ1n) is 8.02. The minimum absolute atomic E-state index is 0.169. The Morgan fingerprint density at radius 1 is 1.20 bits per heavy atom. The van der Waals surface area contributed by atoms with Gasteiger partial charge in [0.15, 0.2) is 0 Å². The van der Waals surface area contributed by atoms with Gasteiger partial charge in [-0.2, -0.15) is 0 Å². The average molecular weight is 286 g/mol. The van der Waals surface area contributed by atoms with Crippen LogP contribution in [0.3, 0.4) is 0 Å². The number of ether oxygens (including phenoxy) is 1. The number of hydrogen-bond acceptors (Lipinski definition) is 3.